The van der Waals surface area contributed by atoms with Crippen LogP contribution in [0.3, 0.4) is 0 Å². The van der Waals surface area contributed by atoms with Gasteiger partial charge < -0.3 is 18.9 Å². The second-order valence-electron chi connectivity index (χ2n) is 4.60. The summed E-state index contributed by atoms with van der Waals surface area (Å²) in [5.41, 5.74) is -0.838. The van der Waals surface area contributed by atoms with Crippen molar-refractivity contribution in [3.63, 3.8) is 0 Å². The minimum atomic E-state index is -1.22. The van der Waals surface area contributed by atoms with Crippen molar-refractivity contribution in [3.05, 3.63) is 11.8 Å². The van der Waals surface area contributed by atoms with Gasteiger partial charge in [0.1, 0.15) is 0 Å². The molecule has 0 saturated carbocycles. The van der Waals surface area contributed by atoms with E-state index < -0.39 is 16.8 Å². The Morgan fingerprint density at radius 1 is 1.50 bits per heavy atom. The van der Waals surface area contributed by atoms with E-state index in [4.69, 9.17) is 30.5 Å². The zero-order valence-corrected chi connectivity index (χ0v) is 10.9. The molecule has 0 radical (unpaired) electrons. The number of hydrogen-bond donors (Lipinski definition) is 0. The Hall–Kier alpha value is -0.620. The van der Waals surface area contributed by atoms with E-state index in [1.54, 1.807) is 6.08 Å². The quantitative estimate of drug-likeness (QED) is 0.719. The van der Waals surface area contributed by atoms with E-state index in [9.17, 15) is 4.79 Å². The second kappa shape index (κ2) is 4.20. The van der Waals surface area contributed by atoms with E-state index in [-0.39, 0.29) is 5.78 Å². The molecule has 2 bridgehead atoms. The average Bonchev–Trinajstić information content (AvgIpc) is 3.00. The first-order valence-electron chi connectivity index (χ1n) is 6.08. The number of carbonyl (C=O) groups excluding carboxylic acids is 1. The molecule has 3 aliphatic rings. The molecule has 1 unspecified atom stereocenters. The molecule has 2 atom stereocenters. The SMILES string of the molecule is CCOC[C@]12CC=C(O1)C(=O)C(Cl)C21OCCO1. The molecule has 0 amide bonds. The first-order chi connectivity index (χ1) is 8.65. The third-order valence-corrected chi connectivity index (χ3v) is 4.11. The van der Waals surface area contributed by atoms with E-state index in [2.05, 4.69) is 0 Å². The van der Waals surface area contributed by atoms with Gasteiger partial charge in [-0.25, -0.2) is 0 Å². The number of halogens is 1. The maximum Gasteiger partial charge on any atom is 0.236 e. The Morgan fingerprint density at radius 2 is 2.22 bits per heavy atom. The van der Waals surface area contributed by atoms with Crippen molar-refractivity contribution in [2.75, 3.05) is 26.4 Å². The molecule has 6 heteroatoms. The van der Waals surface area contributed by atoms with Crippen LogP contribution in [0.5, 0.6) is 0 Å². The monoisotopic (exact) mass is 274 g/mol. The van der Waals surface area contributed by atoms with Crippen LogP contribution in [0.25, 0.3) is 0 Å². The lowest BCUT2D eigenvalue weighted by atomic mass is 9.86. The van der Waals surface area contributed by atoms with Gasteiger partial charge in [0.05, 0.1) is 19.8 Å². The molecular weight excluding hydrogens is 260 g/mol. The molecule has 5 nitrogen and oxygen atoms in total. The molecule has 3 rings (SSSR count). The average molecular weight is 275 g/mol. The summed E-state index contributed by atoms with van der Waals surface area (Å²) in [6, 6.07) is 0. The molecule has 0 aromatic carbocycles. The van der Waals surface area contributed by atoms with Gasteiger partial charge in [-0.2, -0.15) is 0 Å². The predicted octanol–water partition coefficient (Wildman–Crippen LogP) is 0.999. The number of allylic oxidation sites excluding steroid dienone is 1. The van der Waals surface area contributed by atoms with Crippen LogP contribution in [0.1, 0.15) is 13.3 Å². The molecule has 0 N–H and O–H groups in total. The number of hydrogen-bond acceptors (Lipinski definition) is 5. The zero-order chi connectivity index (χ0) is 12.8. The van der Waals surface area contributed by atoms with Gasteiger partial charge in [-0.3, -0.25) is 4.79 Å². The van der Waals surface area contributed by atoms with Gasteiger partial charge in [0.25, 0.3) is 0 Å². The summed E-state index contributed by atoms with van der Waals surface area (Å²) in [6.45, 7) is 3.55. The standard InChI is InChI=1S/C12H15ClO5/c1-2-15-7-11-4-3-8(18-11)9(14)10(13)12(11)16-5-6-17-12/h3,10H,2,4-7H2,1H3/t10?,11-/m0/s1. The van der Waals surface area contributed by atoms with Gasteiger partial charge in [0.15, 0.2) is 16.7 Å². The van der Waals surface area contributed by atoms with E-state index in [0.717, 1.165) is 0 Å². The van der Waals surface area contributed by atoms with Gasteiger partial charge in [-0.05, 0) is 13.0 Å². The lowest BCUT2D eigenvalue weighted by Crippen LogP contribution is -2.67. The highest BCUT2D eigenvalue weighted by atomic mass is 35.5. The van der Waals surface area contributed by atoms with Gasteiger partial charge in [0, 0.05) is 13.0 Å². The molecule has 0 aromatic rings. The highest BCUT2D eigenvalue weighted by Gasteiger charge is 2.69. The molecule has 3 heterocycles. The molecule has 2 fully saturated rings. The van der Waals surface area contributed by atoms with Crippen LogP contribution in [-0.4, -0.2) is 49.0 Å². The van der Waals surface area contributed by atoms with Crippen molar-refractivity contribution in [2.45, 2.75) is 30.1 Å². The van der Waals surface area contributed by atoms with Crippen molar-refractivity contribution in [2.24, 2.45) is 0 Å². The van der Waals surface area contributed by atoms with Crippen LogP contribution in [0.15, 0.2) is 11.8 Å². The summed E-state index contributed by atoms with van der Waals surface area (Å²) in [5, 5.41) is -0.886. The zero-order valence-electron chi connectivity index (χ0n) is 10.1. The normalized spacial score (nSPS) is 36.9. The van der Waals surface area contributed by atoms with Gasteiger partial charge >= 0.3 is 0 Å². The Kier molecular flexibility index (Phi) is 2.90. The van der Waals surface area contributed by atoms with E-state index >= 15 is 0 Å². The smallest absolute Gasteiger partial charge is 0.236 e. The summed E-state index contributed by atoms with van der Waals surface area (Å²) in [7, 11) is 0. The van der Waals surface area contributed by atoms with Crippen LogP contribution < -0.4 is 0 Å². The number of ether oxygens (including phenoxy) is 4. The fourth-order valence-electron chi connectivity index (χ4n) is 2.74. The third kappa shape index (κ3) is 1.42. The molecule has 100 valence electrons. The molecular formula is C12H15ClO5. The first-order valence-corrected chi connectivity index (χ1v) is 6.52. The van der Waals surface area contributed by atoms with Crippen LogP contribution in [0.4, 0.5) is 0 Å². The summed E-state index contributed by atoms with van der Waals surface area (Å²) in [4.78, 5) is 12.0. The first kappa shape index (κ1) is 12.4. The van der Waals surface area contributed by atoms with Crippen LogP contribution in [0, 0.1) is 0 Å². The van der Waals surface area contributed by atoms with E-state index in [1.807, 2.05) is 6.92 Å². The van der Waals surface area contributed by atoms with Crippen molar-refractivity contribution in [3.8, 4) is 0 Å². The fourth-order valence-corrected chi connectivity index (χ4v) is 3.17. The molecule has 0 aromatic heterocycles. The lowest BCUT2D eigenvalue weighted by Gasteiger charge is -2.47. The van der Waals surface area contributed by atoms with Gasteiger partial charge in [0.2, 0.25) is 11.6 Å². The minimum Gasteiger partial charge on any atom is -0.475 e. The Morgan fingerprint density at radius 3 is 2.89 bits per heavy atom. The number of alkyl halides is 1. The summed E-state index contributed by atoms with van der Waals surface area (Å²) >= 11 is 6.25. The topological polar surface area (TPSA) is 54.0 Å². The van der Waals surface area contributed by atoms with Crippen molar-refractivity contribution in [1.82, 2.24) is 0 Å². The number of fused-ring (bicyclic) bond motifs is 3. The van der Waals surface area contributed by atoms with Crippen LogP contribution in [-0.2, 0) is 23.7 Å². The molecule has 1 spiro atoms. The number of Topliss-reactive ketones (excluding diaryl/α,β-unsaturated/α-hetero) is 1. The third-order valence-electron chi connectivity index (χ3n) is 3.62. The summed E-state index contributed by atoms with van der Waals surface area (Å²) in [6.07, 6.45) is 2.26. The molecule has 2 saturated heterocycles. The molecule has 18 heavy (non-hydrogen) atoms. The predicted molar refractivity (Wildman–Crippen MR) is 62.3 cm³/mol. The summed E-state index contributed by atoms with van der Waals surface area (Å²) < 4.78 is 22.6. The lowest BCUT2D eigenvalue weighted by molar-refractivity contribution is -0.287. The molecule has 0 aliphatic carbocycles. The van der Waals surface area contributed by atoms with Crippen molar-refractivity contribution >= 4 is 17.4 Å². The maximum absolute atomic E-state index is 12.0. The Labute approximate surface area is 110 Å². The van der Waals surface area contributed by atoms with Crippen LogP contribution >= 0.6 is 11.6 Å². The minimum absolute atomic E-state index is 0.275. The maximum atomic E-state index is 12.0. The Balaban J connectivity index is 1.99. The van der Waals surface area contributed by atoms with Crippen molar-refractivity contribution in [1.29, 1.82) is 0 Å². The fraction of sp³-hybridized carbons (Fsp3) is 0.750. The highest BCUT2D eigenvalue weighted by Crippen LogP contribution is 2.51. The van der Waals surface area contributed by atoms with Crippen LogP contribution in [0.2, 0.25) is 0 Å². The van der Waals surface area contributed by atoms with Gasteiger partial charge in [-0.1, -0.05) is 0 Å². The number of ketones is 1. The highest BCUT2D eigenvalue weighted by molar-refractivity contribution is 6.35. The van der Waals surface area contributed by atoms with Gasteiger partial charge in [-0.15, -0.1) is 11.6 Å². The van der Waals surface area contributed by atoms with Crippen molar-refractivity contribution < 1.29 is 23.7 Å². The van der Waals surface area contributed by atoms with E-state index in [1.165, 1.54) is 0 Å². The number of rotatable bonds is 3. The second-order valence-corrected chi connectivity index (χ2v) is 5.03. The molecule has 3 aliphatic heterocycles. The largest absolute Gasteiger partial charge is 0.475 e. The van der Waals surface area contributed by atoms with E-state index in [0.29, 0.717) is 38.6 Å². The number of carbonyl (C=O) groups is 1. The summed E-state index contributed by atoms with van der Waals surface area (Å²) in [5.74, 6) is -1.19. The Bertz CT molecular complexity index is 401.